The highest BCUT2D eigenvalue weighted by Gasteiger charge is 2.19. The second-order valence-electron chi connectivity index (χ2n) is 8.21. The van der Waals surface area contributed by atoms with E-state index in [9.17, 15) is 9.59 Å². The molecule has 4 aromatic rings. The predicted molar refractivity (Wildman–Crippen MR) is 147 cm³/mol. The topological polar surface area (TPSA) is 84.4 Å². The number of hydrogen-bond donors (Lipinski definition) is 1. The monoisotopic (exact) mass is 534 g/mol. The van der Waals surface area contributed by atoms with Gasteiger partial charge in [-0.3, -0.25) is 14.6 Å². The molecule has 1 N–H and O–H groups in total. The number of pyridine rings is 2. The minimum absolute atomic E-state index is 0.0822. The molecule has 188 valence electrons. The third-order valence-corrected chi connectivity index (χ3v) is 6.42. The number of hydrogen-bond acceptors (Lipinski definition) is 5. The van der Waals surface area contributed by atoms with Crippen LogP contribution in [0.15, 0.2) is 73.1 Å². The third-order valence-electron chi connectivity index (χ3n) is 5.64. The van der Waals surface area contributed by atoms with Gasteiger partial charge in [0.2, 0.25) is 11.8 Å². The van der Waals surface area contributed by atoms with E-state index in [2.05, 4.69) is 15.3 Å². The number of nitrogens with zero attached hydrogens (tertiary/aromatic N) is 3. The Balaban J connectivity index is 1.43. The number of para-hydroxylation sites is 1. The first-order valence-corrected chi connectivity index (χ1v) is 12.2. The maximum atomic E-state index is 12.8. The lowest BCUT2D eigenvalue weighted by molar-refractivity contribution is -0.122. The number of ether oxygens (including phenoxy) is 1. The van der Waals surface area contributed by atoms with Crippen molar-refractivity contribution in [1.29, 1.82) is 0 Å². The van der Waals surface area contributed by atoms with E-state index in [1.54, 1.807) is 49.8 Å². The van der Waals surface area contributed by atoms with Gasteiger partial charge in [0.25, 0.3) is 0 Å². The highest BCUT2D eigenvalue weighted by molar-refractivity contribution is 6.38. The maximum Gasteiger partial charge on any atom is 0.246 e. The van der Waals surface area contributed by atoms with Gasteiger partial charge in [-0.2, -0.15) is 0 Å². The van der Waals surface area contributed by atoms with Crippen molar-refractivity contribution >= 4 is 57.7 Å². The van der Waals surface area contributed by atoms with Crippen molar-refractivity contribution in [3.05, 3.63) is 99.9 Å². The molecule has 0 aliphatic rings. The van der Waals surface area contributed by atoms with Crippen LogP contribution in [0, 0.1) is 6.92 Å². The Kier molecular flexibility index (Phi) is 8.38. The van der Waals surface area contributed by atoms with Gasteiger partial charge < -0.3 is 15.0 Å². The Labute approximate surface area is 224 Å². The van der Waals surface area contributed by atoms with E-state index < -0.39 is 5.91 Å². The molecular formula is C28H24Cl2N4O3. The van der Waals surface area contributed by atoms with Crippen molar-refractivity contribution in [3.8, 4) is 5.75 Å². The minimum atomic E-state index is -0.395. The van der Waals surface area contributed by atoms with Crippen LogP contribution in [0.25, 0.3) is 17.0 Å². The Morgan fingerprint density at radius 1 is 1.05 bits per heavy atom. The number of carbonyl (C=O) groups excluding carboxylic acids is 2. The summed E-state index contributed by atoms with van der Waals surface area (Å²) < 4.78 is 6.06. The zero-order valence-electron chi connectivity index (χ0n) is 20.2. The zero-order chi connectivity index (χ0) is 26.4. The van der Waals surface area contributed by atoms with Gasteiger partial charge in [-0.1, -0.05) is 41.4 Å². The number of aromatic nitrogens is 2. The van der Waals surface area contributed by atoms with Crippen LogP contribution >= 0.6 is 23.2 Å². The summed E-state index contributed by atoms with van der Waals surface area (Å²) in [6.07, 6.45) is 6.26. The fourth-order valence-electron chi connectivity index (χ4n) is 3.58. The Morgan fingerprint density at radius 3 is 2.62 bits per heavy atom. The number of halogens is 2. The first-order valence-electron chi connectivity index (χ1n) is 11.4. The van der Waals surface area contributed by atoms with Crippen molar-refractivity contribution in [3.63, 3.8) is 0 Å². The van der Waals surface area contributed by atoms with Crippen LogP contribution in [0.1, 0.15) is 16.8 Å². The van der Waals surface area contributed by atoms with Crippen LogP contribution in [-0.4, -0.2) is 35.4 Å². The summed E-state index contributed by atoms with van der Waals surface area (Å²) in [7, 11) is 1.58. The largest absolute Gasteiger partial charge is 0.487 e. The lowest BCUT2D eigenvalue weighted by Crippen LogP contribution is -2.37. The normalized spacial score (nSPS) is 11.0. The van der Waals surface area contributed by atoms with E-state index in [1.165, 1.54) is 11.0 Å². The van der Waals surface area contributed by atoms with E-state index in [0.29, 0.717) is 22.0 Å². The summed E-state index contributed by atoms with van der Waals surface area (Å²) in [5.74, 6) is -0.144. The number of likely N-dealkylation sites (N-methyl/N-ethyl adjacent to an activating group) is 1. The molecule has 2 aromatic heterocycles. The predicted octanol–water partition coefficient (Wildman–Crippen LogP) is 5.62. The third kappa shape index (κ3) is 6.44. The van der Waals surface area contributed by atoms with Crippen LogP contribution in [-0.2, 0) is 16.2 Å². The van der Waals surface area contributed by atoms with E-state index in [0.717, 1.165) is 22.2 Å². The van der Waals surface area contributed by atoms with Crippen LogP contribution < -0.4 is 15.0 Å². The fourth-order valence-corrected chi connectivity index (χ4v) is 4.19. The van der Waals surface area contributed by atoms with Crippen molar-refractivity contribution in [2.24, 2.45) is 0 Å². The number of fused-ring (bicyclic) bond motifs is 1. The molecule has 0 aliphatic carbocycles. The number of amides is 2. The van der Waals surface area contributed by atoms with Gasteiger partial charge >= 0.3 is 0 Å². The Morgan fingerprint density at radius 2 is 1.84 bits per heavy atom. The summed E-state index contributed by atoms with van der Waals surface area (Å²) in [6.45, 7) is 1.79. The van der Waals surface area contributed by atoms with E-state index in [-0.39, 0.29) is 24.1 Å². The van der Waals surface area contributed by atoms with Gasteiger partial charge in [0.15, 0.2) is 0 Å². The number of benzene rings is 2. The molecule has 0 atom stereocenters. The molecule has 0 fully saturated rings. The first kappa shape index (κ1) is 26.1. The van der Waals surface area contributed by atoms with Crippen LogP contribution in [0.3, 0.4) is 0 Å². The molecule has 2 heterocycles. The van der Waals surface area contributed by atoms with E-state index in [1.807, 2.05) is 37.3 Å². The number of aryl methyl sites for hydroxylation is 1. The number of rotatable bonds is 8. The van der Waals surface area contributed by atoms with Crippen LogP contribution in [0.5, 0.6) is 5.75 Å². The van der Waals surface area contributed by atoms with Gasteiger partial charge in [-0.25, -0.2) is 4.98 Å². The Hall–Kier alpha value is -3.94. The lowest BCUT2D eigenvalue weighted by Gasteiger charge is -2.21. The van der Waals surface area contributed by atoms with Crippen molar-refractivity contribution in [1.82, 2.24) is 15.3 Å². The molecule has 4 rings (SSSR count). The lowest BCUT2D eigenvalue weighted by atomic mass is 10.1. The van der Waals surface area contributed by atoms with E-state index in [4.69, 9.17) is 27.9 Å². The van der Waals surface area contributed by atoms with Gasteiger partial charge in [0.1, 0.15) is 17.9 Å². The molecule has 0 aliphatic heterocycles. The molecule has 2 aromatic carbocycles. The quantitative estimate of drug-likeness (QED) is 0.296. The molecule has 0 bridgehead atoms. The number of anilines is 1. The zero-order valence-corrected chi connectivity index (χ0v) is 21.8. The number of carbonyl (C=O) groups is 2. The van der Waals surface area contributed by atoms with Crippen LogP contribution in [0.4, 0.5) is 5.69 Å². The van der Waals surface area contributed by atoms with Crippen molar-refractivity contribution < 1.29 is 14.3 Å². The molecular weight excluding hydrogens is 511 g/mol. The SMILES string of the molecule is Cc1ccc2cccc(OCc3c(Cl)ccc(N(C)C(=O)CNC(=O)C=Cc4ccncc4)c3Cl)c2n1. The van der Waals surface area contributed by atoms with Crippen LogP contribution in [0.2, 0.25) is 10.0 Å². The van der Waals surface area contributed by atoms with Gasteiger partial charge in [-0.15, -0.1) is 0 Å². The molecule has 0 saturated heterocycles. The highest BCUT2D eigenvalue weighted by atomic mass is 35.5. The highest BCUT2D eigenvalue weighted by Crippen LogP contribution is 2.35. The first-order chi connectivity index (χ1) is 17.8. The molecule has 0 radical (unpaired) electrons. The summed E-state index contributed by atoms with van der Waals surface area (Å²) in [4.78, 5) is 34.8. The summed E-state index contributed by atoms with van der Waals surface area (Å²) >= 11 is 13.1. The van der Waals surface area contributed by atoms with Gasteiger partial charge in [0.05, 0.1) is 17.3 Å². The average molecular weight is 535 g/mol. The standard InChI is InChI=1S/C28H24Cl2N4O3/c1-18-6-8-20-4-3-5-24(28(20)33-18)37-17-21-22(29)9-10-23(27(21)30)34(2)26(36)16-32-25(35)11-7-19-12-14-31-15-13-19/h3-15H,16-17H2,1-2H3,(H,32,35). The molecule has 7 nitrogen and oxygen atoms in total. The molecule has 0 spiro atoms. The molecule has 0 saturated carbocycles. The van der Waals surface area contributed by atoms with Gasteiger partial charge in [-0.05, 0) is 55.0 Å². The van der Waals surface area contributed by atoms with E-state index >= 15 is 0 Å². The second-order valence-corrected chi connectivity index (χ2v) is 9.00. The molecule has 37 heavy (non-hydrogen) atoms. The summed E-state index contributed by atoms with van der Waals surface area (Å²) in [5, 5.41) is 4.24. The fraction of sp³-hybridized carbons (Fsp3) is 0.143. The maximum absolute atomic E-state index is 12.8. The average Bonchev–Trinajstić information content (AvgIpc) is 2.90. The smallest absolute Gasteiger partial charge is 0.246 e. The molecule has 0 unspecified atom stereocenters. The number of nitrogens with one attached hydrogen (secondary N) is 1. The summed E-state index contributed by atoms with van der Waals surface area (Å²) in [5.41, 5.74) is 3.43. The minimum Gasteiger partial charge on any atom is -0.487 e. The molecule has 9 heteroatoms. The second kappa shape index (κ2) is 11.9. The Bertz CT molecular complexity index is 1480. The van der Waals surface area contributed by atoms with Crippen molar-refractivity contribution in [2.75, 3.05) is 18.5 Å². The molecule has 2 amide bonds. The summed E-state index contributed by atoms with van der Waals surface area (Å²) in [6, 6.07) is 16.5. The van der Waals surface area contributed by atoms with Gasteiger partial charge in [0, 0.05) is 47.2 Å². The van der Waals surface area contributed by atoms with Crippen molar-refractivity contribution in [2.45, 2.75) is 13.5 Å².